The number of hydrogen-bond donors (Lipinski definition) is 2. The fourth-order valence-corrected chi connectivity index (χ4v) is 2.09. The molecule has 0 atom stereocenters. The van der Waals surface area contributed by atoms with E-state index in [1.54, 1.807) is 0 Å². The molecule has 0 aromatic carbocycles. The average molecular weight is 210 g/mol. The van der Waals surface area contributed by atoms with Gasteiger partial charge >= 0.3 is 5.97 Å². The van der Waals surface area contributed by atoms with Gasteiger partial charge in [0.05, 0.1) is 12.3 Å². The van der Waals surface area contributed by atoms with E-state index in [9.17, 15) is 4.79 Å². The molecule has 2 rings (SSSR count). The second-order valence-electron chi connectivity index (χ2n) is 3.76. The number of hydrogen-bond acceptors (Lipinski definition) is 3. The van der Waals surface area contributed by atoms with E-state index in [1.165, 1.54) is 0 Å². The van der Waals surface area contributed by atoms with Crippen LogP contribution in [0.25, 0.3) is 0 Å². The van der Waals surface area contributed by atoms with E-state index in [0.29, 0.717) is 11.5 Å². The maximum absolute atomic E-state index is 10.6. The first kappa shape index (κ1) is 10.2. The molecule has 0 amide bonds. The molecule has 1 aromatic heterocycles. The first-order valence-electron chi connectivity index (χ1n) is 5.12. The lowest BCUT2D eigenvalue weighted by Gasteiger charge is -2.16. The summed E-state index contributed by atoms with van der Waals surface area (Å²) >= 11 is 0. The molecule has 0 bridgehead atoms. The topological polar surface area (TPSA) is 75.3 Å². The van der Waals surface area contributed by atoms with Crippen LogP contribution in [0, 0.1) is 0 Å². The number of aromatic nitrogens is 2. The molecule has 15 heavy (non-hydrogen) atoms. The Hall–Kier alpha value is -1.36. The molecule has 1 aliphatic rings. The second-order valence-corrected chi connectivity index (χ2v) is 3.76. The van der Waals surface area contributed by atoms with E-state index in [1.807, 2.05) is 4.57 Å². The van der Waals surface area contributed by atoms with Gasteiger partial charge in [0.15, 0.2) is 0 Å². The second kappa shape index (κ2) is 4.02. The van der Waals surface area contributed by atoms with Gasteiger partial charge in [-0.25, -0.2) is 4.98 Å². The van der Waals surface area contributed by atoms with E-state index >= 15 is 0 Å². The molecule has 0 spiro atoms. The molecule has 0 radical (unpaired) electrons. The van der Waals surface area contributed by atoms with Crippen molar-refractivity contribution >= 4 is 5.97 Å². The predicted octanol–water partition coefficient (Wildman–Crippen LogP) is 0.339. The molecule has 82 valence electrons. The molecule has 0 aliphatic carbocycles. The maximum atomic E-state index is 10.6. The molecule has 1 aliphatic heterocycles. The largest absolute Gasteiger partial charge is 0.481 e. The number of aliphatic hydroxyl groups is 1. The van der Waals surface area contributed by atoms with Crippen molar-refractivity contribution in [3.63, 3.8) is 0 Å². The van der Waals surface area contributed by atoms with E-state index in [0.717, 1.165) is 31.5 Å². The third kappa shape index (κ3) is 1.87. The summed E-state index contributed by atoms with van der Waals surface area (Å²) in [6, 6.07) is 0. The number of imidazole rings is 1. The Balaban J connectivity index is 2.37. The van der Waals surface area contributed by atoms with Crippen LogP contribution in [0.15, 0.2) is 0 Å². The van der Waals surface area contributed by atoms with Crippen molar-refractivity contribution in [2.75, 3.05) is 0 Å². The van der Waals surface area contributed by atoms with Crippen molar-refractivity contribution in [3.05, 3.63) is 17.2 Å². The Bertz CT molecular complexity index is 384. The summed E-state index contributed by atoms with van der Waals surface area (Å²) in [6.07, 6.45) is 2.97. The summed E-state index contributed by atoms with van der Waals surface area (Å²) in [4.78, 5) is 14.8. The maximum Gasteiger partial charge on any atom is 0.311 e. The Morgan fingerprint density at radius 3 is 2.93 bits per heavy atom. The monoisotopic (exact) mass is 210 g/mol. The van der Waals surface area contributed by atoms with Gasteiger partial charge in [0.2, 0.25) is 0 Å². The molecule has 1 aromatic rings. The van der Waals surface area contributed by atoms with E-state index < -0.39 is 5.97 Å². The molecule has 2 heterocycles. The first-order chi connectivity index (χ1) is 7.22. The highest BCUT2D eigenvalue weighted by molar-refractivity contribution is 5.69. The van der Waals surface area contributed by atoms with Crippen molar-refractivity contribution in [1.82, 2.24) is 9.55 Å². The molecule has 0 saturated heterocycles. The van der Waals surface area contributed by atoms with Gasteiger partial charge in [0.25, 0.3) is 0 Å². The van der Waals surface area contributed by atoms with Gasteiger partial charge < -0.3 is 14.8 Å². The van der Waals surface area contributed by atoms with Gasteiger partial charge in [-0.3, -0.25) is 4.79 Å². The number of carbonyl (C=O) groups is 1. The van der Waals surface area contributed by atoms with Crippen LogP contribution < -0.4 is 0 Å². The molecule has 0 unspecified atom stereocenters. The van der Waals surface area contributed by atoms with Gasteiger partial charge in [-0.15, -0.1) is 0 Å². The summed E-state index contributed by atoms with van der Waals surface area (Å²) in [6.45, 7) is 0.722. The van der Waals surface area contributed by atoms with E-state index in [2.05, 4.69) is 4.98 Å². The highest BCUT2D eigenvalue weighted by atomic mass is 16.4. The number of aliphatic hydroxyl groups excluding tert-OH is 1. The Morgan fingerprint density at radius 2 is 2.27 bits per heavy atom. The van der Waals surface area contributed by atoms with Crippen LogP contribution in [0.4, 0.5) is 0 Å². The fourth-order valence-electron chi connectivity index (χ4n) is 2.09. The quantitative estimate of drug-likeness (QED) is 0.754. The number of carboxylic acid groups (broad SMARTS) is 1. The summed E-state index contributed by atoms with van der Waals surface area (Å²) in [5.74, 6) is -0.306. The third-order valence-corrected chi connectivity index (χ3v) is 2.74. The molecular weight excluding hydrogens is 196 g/mol. The number of carboxylic acids is 1. The Kier molecular flexibility index (Phi) is 2.73. The minimum absolute atomic E-state index is 0.0625. The predicted molar refractivity (Wildman–Crippen MR) is 52.4 cm³/mol. The molecule has 2 N–H and O–H groups in total. The molecule has 5 heteroatoms. The third-order valence-electron chi connectivity index (χ3n) is 2.74. The summed E-state index contributed by atoms with van der Waals surface area (Å²) in [7, 11) is 0. The van der Waals surface area contributed by atoms with Gasteiger partial charge in [-0.05, 0) is 19.3 Å². The standard InChI is InChI=1S/C10H14N2O3/c13-6-7-8-3-1-2-4-12(8)9(11-7)5-10(14)15/h13H,1-6H2,(H,14,15). The van der Waals surface area contributed by atoms with Crippen LogP contribution in [0.5, 0.6) is 0 Å². The van der Waals surface area contributed by atoms with Crippen molar-refractivity contribution in [1.29, 1.82) is 0 Å². The summed E-state index contributed by atoms with van der Waals surface area (Å²) in [5.41, 5.74) is 1.66. The van der Waals surface area contributed by atoms with Crippen LogP contribution in [-0.4, -0.2) is 25.7 Å². The van der Waals surface area contributed by atoms with Crippen LogP contribution in [0.3, 0.4) is 0 Å². The molecule has 0 saturated carbocycles. The van der Waals surface area contributed by atoms with Gasteiger partial charge in [0, 0.05) is 12.2 Å². The normalized spacial score (nSPS) is 15.0. The van der Waals surface area contributed by atoms with Crippen LogP contribution in [0.2, 0.25) is 0 Å². The first-order valence-corrected chi connectivity index (χ1v) is 5.12. The van der Waals surface area contributed by atoms with Gasteiger partial charge in [0.1, 0.15) is 12.2 Å². The van der Waals surface area contributed by atoms with E-state index in [-0.39, 0.29) is 13.0 Å². The van der Waals surface area contributed by atoms with Crippen molar-refractivity contribution in [2.45, 2.75) is 38.8 Å². The van der Waals surface area contributed by atoms with Crippen molar-refractivity contribution in [3.8, 4) is 0 Å². The fraction of sp³-hybridized carbons (Fsp3) is 0.600. The minimum atomic E-state index is -0.877. The summed E-state index contributed by atoms with van der Waals surface area (Å²) in [5, 5.41) is 17.9. The highest BCUT2D eigenvalue weighted by Gasteiger charge is 2.20. The lowest BCUT2D eigenvalue weighted by atomic mass is 10.1. The summed E-state index contributed by atoms with van der Waals surface area (Å²) < 4.78 is 1.95. The molecular formula is C10H14N2O3. The number of rotatable bonds is 3. The molecule has 5 nitrogen and oxygen atoms in total. The Labute approximate surface area is 87.4 Å². The smallest absolute Gasteiger partial charge is 0.311 e. The van der Waals surface area contributed by atoms with Crippen LogP contribution in [0.1, 0.15) is 30.1 Å². The van der Waals surface area contributed by atoms with Crippen LogP contribution >= 0.6 is 0 Å². The number of fused-ring (bicyclic) bond motifs is 1. The van der Waals surface area contributed by atoms with Gasteiger partial charge in [-0.2, -0.15) is 0 Å². The minimum Gasteiger partial charge on any atom is -0.481 e. The van der Waals surface area contributed by atoms with Gasteiger partial charge in [-0.1, -0.05) is 0 Å². The highest BCUT2D eigenvalue weighted by Crippen LogP contribution is 2.21. The van der Waals surface area contributed by atoms with Crippen molar-refractivity contribution < 1.29 is 15.0 Å². The zero-order valence-corrected chi connectivity index (χ0v) is 8.44. The molecule has 0 fully saturated rings. The van der Waals surface area contributed by atoms with E-state index in [4.69, 9.17) is 10.2 Å². The zero-order valence-electron chi connectivity index (χ0n) is 8.44. The van der Waals surface area contributed by atoms with Crippen molar-refractivity contribution in [2.24, 2.45) is 0 Å². The lowest BCUT2D eigenvalue weighted by molar-refractivity contribution is -0.136. The Morgan fingerprint density at radius 1 is 1.47 bits per heavy atom. The number of nitrogens with zero attached hydrogens (tertiary/aromatic N) is 2. The number of aliphatic carboxylic acids is 1. The average Bonchev–Trinajstić information content (AvgIpc) is 2.56. The lowest BCUT2D eigenvalue weighted by Crippen LogP contribution is -2.15. The van der Waals surface area contributed by atoms with Crippen LogP contribution in [-0.2, 0) is 30.8 Å². The SMILES string of the molecule is O=C(O)Cc1nc(CO)c2n1CCCC2. The zero-order chi connectivity index (χ0) is 10.8.